The maximum atomic E-state index is 11.7. The molecule has 0 aromatic heterocycles. The molecule has 5 nitrogen and oxygen atoms in total. The van der Waals surface area contributed by atoms with Crippen molar-refractivity contribution in [2.75, 3.05) is 6.61 Å². The summed E-state index contributed by atoms with van der Waals surface area (Å²) in [5, 5.41) is 0. The topological polar surface area (TPSA) is 61.8 Å². The van der Waals surface area contributed by atoms with Gasteiger partial charge in [0.25, 0.3) is 0 Å². The smallest absolute Gasteiger partial charge is 0.304 e. The van der Waals surface area contributed by atoms with Crippen molar-refractivity contribution in [3.63, 3.8) is 0 Å². The highest BCUT2D eigenvalue weighted by atomic mass is 16.7. The number of hydrogen-bond donors (Lipinski definition) is 0. The minimum atomic E-state index is -0.589. The van der Waals surface area contributed by atoms with E-state index in [4.69, 9.17) is 14.2 Å². The van der Waals surface area contributed by atoms with Crippen molar-refractivity contribution < 1.29 is 23.8 Å². The molecule has 2 aliphatic carbocycles. The summed E-state index contributed by atoms with van der Waals surface area (Å²) < 4.78 is 17.0. The fraction of sp³-hybridized carbons (Fsp3) is 0.789. The van der Waals surface area contributed by atoms with Crippen LogP contribution in [0.15, 0.2) is 11.6 Å². The van der Waals surface area contributed by atoms with Gasteiger partial charge < -0.3 is 14.2 Å². The molecule has 0 spiro atoms. The van der Waals surface area contributed by atoms with E-state index < -0.39 is 6.29 Å². The van der Waals surface area contributed by atoms with E-state index in [0.29, 0.717) is 12.5 Å². The molecule has 1 saturated carbocycles. The van der Waals surface area contributed by atoms with Gasteiger partial charge in [0.05, 0.1) is 12.5 Å². The fourth-order valence-corrected chi connectivity index (χ4v) is 5.38. The second kappa shape index (κ2) is 5.87. The summed E-state index contributed by atoms with van der Waals surface area (Å²) in [7, 11) is 0. The molecule has 0 aromatic rings. The highest BCUT2D eigenvalue weighted by Crippen LogP contribution is 2.62. The highest BCUT2D eigenvalue weighted by Gasteiger charge is 2.62. The van der Waals surface area contributed by atoms with Gasteiger partial charge >= 0.3 is 11.9 Å². The molecule has 0 N–H and O–H groups in total. The zero-order valence-corrected chi connectivity index (χ0v) is 15.3. The SMILES string of the molecule is CC(=O)O[C@@H]1OCC2=CC[C@H]3C(C)(C)CC[C@@H](OC(C)=O)[C@]3(C)[C@H]21. The minimum absolute atomic E-state index is 0.0518. The summed E-state index contributed by atoms with van der Waals surface area (Å²) in [5.41, 5.74) is 1.01. The summed E-state index contributed by atoms with van der Waals surface area (Å²) in [6, 6.07) is 0. The predicted molar refractivity (Wildman–Crippen MR) is 87.9 cm³/mol. The quantitative estimate of drug-likeness (QED) is 0.572. The van der Waals surface area contributed by atoms with Crippen LogP contribution in [-0.4, -0.2) is 30.9 Å². The molecule has 3 aliphatic rings. The average molecular weight is 336 g/mol. The van der Waals surface area contributed by atoms with Crippen LogP contribution in [0.2, 0.25) is 0 Å². The molecule has 134 valence electrons. The summed E-state index contributed by atoms with van der Waals surface area (Å²) in [6.07, 6.45) is 4.27. The van der Waals surface area contributed by atoms with E-state index >= 15 is 0 Å². The Labute approximate surface area is 143 Å². The predicted octanol–water partition coefficient (Wildman–Crippen LogP) is 3.23. The van der Waals surface area contributed by atoms with Crippen LogP contribution in [0.5, 0.6) is 0 Å². The molecule has 5 heteroatoms. The van der Waals surface area contributed by atoms with Crippen LogP contribution in [0.4, 0.5) is 0 Å². The van der Waals surface area contributed by atoms with E-state index in [1.54, 1.807) is 0 Å². The molecular weight excluding hydrogens is 308 g/mol. The van der Waals surface area contributed by atoms with Crippen molar-refractivity contribution >= 4 is 11.9 Å². The Morgan fingerprint density at radius 2 is 1.83 bits per heavy atom. The molecule has 0 unspecified atom stereocenters. The monoisotopic (exact) mass is 336 g/mol. The first-order valence-corrected chi connectivity index (χ1v) is 8.81. The maximum absolute atomic E-state index is 11.7. The minimum Gasteiger partial charge on any atom is -0.462 e. The average Bonchev–Trinajstić information content (AvgIpc) is 2.85. The number of carbonyl (C=O) groups excluding carboxylic acids is 2. The molecule has 3 rings (SSSR count). The van der Waals surface area contributed by atoms with Gasteiger partial charge in [-0.25, -0.2) is 0 Å². The fourth-order valence-electron chi connectivity index (χ4n) is 5.38. The van der Waals surface area contributed by atoms with Crippen LogP contribution in [0.25, 0.3) is 0 Å². The third-order valence-electron chi connectivity index (χ3n) is 6.40. The molecule has 2 fully saturated rings. The molecule has 1 saturated heterocycles. The van der Waals surface area contributed by atoms with E-state index in [9.17, 15) is 9.59 Å². The molecule has 1 heterocycles. The van der Waals surface area contributed by atoms with Crippen molar-refractivity contribution in [2.45, 2.75) is 66.3 Å². The van der Waals surface area contributed by atoms with E-state index in [2.05, 4.69) is 26.8 Å². The Morgan fingerprint density at radius 1 is 1.17 bits per heavy atom. The van der Waals surface area contributed by atoms with E-state index in [-0.39, 0.29) is 34.8 Å². The van der Waals surface area contributed by atoms with Crippen LogP contribution in [-0.2, 0) is 23.8 Å². The van der Waals surface area contributed by atoms with Crippen LogP contribution in [0.3, 0.4) is 0 Å². The zero-order valence-electron chi connectivity index (χ0n) is 15.3. The van der Waals surface area contributed by atoms with Crippen LogP contribution in [0.1, 0.15) is 53.9 Å². The largest absolute Gasteiger partial charge is 0.462 e. The number of fused-ring (bicyclic) bond motifs is 3. The number of hydrogen-bond acceptors (Lipinski definition) is 5. The molecule has 0 amide bonds. The van der Waals surface area contributed by atoms with Gasteiger partial charge in [-0.15, -0.1) is 0 Å². The van der Waals surface area contributed by atoms with Gasteiger partial charge in [-0.2, -0.15) is 0 Å². The van der Waals surface area contributed by atoms with E-state index in [1.807, 2.05) is 0 Å². The van der Waals surface area contributed by atoms with Crippen molar-refractivity contribution in [1.29, 1.82) is 0 Å². The summed E-state index contributed by atoms with van der Waals surface area (Å²) in [4.78, 5) is 23.2. The van der Waals surface area contributed by atoms with Crippen LogP contribution < -0.4 is 0 Å². The van der Waals surface area contributed by atoms with Gasteiger partial charge in [-0.3, -0.25) is 9.59 Å². The molecule has 1 aliphatic heterocycles. The van der Waals surface area contributed by atoms with Gasteiger partial charge in [0.1, 0.15) is 6.10 Å². The first kappa shape index (κ1) is 17.5. The van der Waals surface area contributed by atoms with Crippen molar-refractivity contribution in [1.82, 2.24) is 0 Å². The van der Waals surface area contributed by atoms with Gasteiger partial charge in [-0.05, 0) is 36.2 Å². The van der Waals surface area contributed by atoms with Gasteiger partial charge in [0.15, 0.2) is 0 Å². The Hall–Kier alpha value is -1.36. The van der Waals surface area contributed by atoms with Gasteiger partial charge in [-0.1, -0.05) is 26.8 Å². The second-order valence-corrected chi connectivity index (χ2v) is 8.33. The number of carbonyl (C=O) groups is 2. The Morgan fingerprint density at radius 3 is 2.46 bits per heavy atom. The van der Waals surface area contributed by atoms with Crippen LogP contribution in [0, 0.1) is 22.7 Å². The second-order valence-electron chi connectivity index (χ2n) is 8.33. The van der Waals surface area contributed by atoms with E-state index in [0.717, 1.165) is 19.3 Å². The maximum Gasteiger partial charge on any atom is 0.304 e. The van der Waals surface area contributed by atoms with Crippen molar-refractivity contribution in [2.24, 2.45) is 22.7 Å². The van der Waals surface area contributed by atoms with Gasteiger partial charge in [0.2, 0.25) is 6.29 Å². The Kier molecular flexibility index (Phi) is 4.27. The summed E-state index contributed by atoms with van der Waals surface area (Å²) in [6.45, 7) is 10.1. The molecule has 24 heavy (non-hydrogen) atoms. The normalized spacial score (nSPS) is 40.1. The van der Waals surface area contributed by atoms with E-state index in [1.165, 1.54) is 19.4 Å². The third-order valence-corrected chi connectivity index (χ3v) is 6.40. The standard InChI is InChI=1S/C19H28O5/c1-11(20)23-15-8-9-18(3,4)14-7-6-13-10-22-17(24-12(2)21)16(13)19(14,15)5/h6,14-17H,7-10H2,1-5H3/t14-,15+,16+,17-,19+/m0/s1. The number of allylic oxidation sites excluding steroid dienone is 1. The summed E-state index contributed by atoms with van der Waals surface area (Å²) >= 11 is 0. The Bertz CT molecular complexity index is 578. The van der Waals surface area contributed by atoms with Crippen molar-refractivity contribution in [3.05, 3.63) is 11.6 Å². The van der Waals surface area contributed by atoms with Crippen LogP contribution >= 0.6 is 0 Å². The zero-order chi connectivity index (χ0) is 17.7. The molecule has 0 bridgehead atoms. The summed E-state index contributed by atoms with van der Waals surface area (Å²) in [5.74, 6) is -0.300. The molecule has 0 aromatic carbocycles. The van der Waals surface area contributed by atoms with Gasteiger partial charge in [0, 0.05) is 19.3 Å². The molecule has 0 radical (unpaired) electrons. The lowest BCUT2D eigenvalue weighted by Gasteiger charge is -2.58. The first-order valence-electron chi connectivity index (χ1n) is 8.81. The number of esters is 2. The highest BCUT2D eigenvalue weighted by molar-refractivity contribution is 5.66. The lowest BCUT2D eigenvalue weighted by molar-refractivity contribution is -0.211. The Balaban J connectivity index is 2.03. The first-order chi connectivity index (χ1) is 11.2. The third kappa shape index (κ3) is 2.67. The lowest BCUT2D eigenvalue weighted by Crippen LogP contribution is -2.58. The lowest BCUT2D eigenvalue weighted by atomic mass is 9.47. The number of rotatable bonds is 2. The van der Waals surface area contributed by atoms with Crippen molar-refractivity contribution in [3.8, 4) is 0 Å². The number of ether oxygens (including phenoxy) is 3. The molecule has 5 atom stereocenters. The molecular formula is C19H28O5.